The molecule has 1 unspecified atom stereocenters. The van der Waals surface area contributed by atoms with Crippen LogP contribution < -0.4 is 0 Å². The number of rotatable bonds is 36. The molecule has 2 atom stereocenters. The fourth-order valence-electron chi connectivity index (χ4n) is 5.22. The first kappa shape index (κ1) is 50.5. The van der Waals surface area contributed by atoms with Gasteiger partial charge in [-0.2, -0.15) is 0 Å². The summed E-state index contributed by atoms with van der Waals surface area (Å²) in [6.07, 6.45) is 45.2. The summed E-state index contributed by atoms with van der Waals surface area (Å²) in [5.41, 5.74) is 0. The summed E-state index contributed by atoms with van der Waals surface area (Å²) < 4.78 is 26.2. The zero-order valence-electron chi connectivity index (χ0n) is 33.0. The van der Waals surface area contributed by atoms with Crippen molar-refractivity contribution in [2.24, 2.45) is 0 Å². The monoisotopic (exact) mass is 764 g/mol. The summed E-state index contributed by atoms with van der Waals surface area (Å²) in [4.78, 5) is 42.8. The first-order valence-corrected chi connectivity index (χ1v) is 21.9. The number of phosphoric acid groups is 1. The highest BCUT2D eigenvalue weighted by Gasteiger charge is 2.23. The van der Waals surface area contributed by atoms with Crippen LogP contribution in [0.4, 0.5) is 0 Å². The molecule has 0 spiro atoms. The number of ether oxygens (including phenoxy) is 2. The van der Waals surface area contributed by atoms with E-state index in [9.17, 15) is 19.3 Å². The van der Waals surface area contributed by atoms with Crippen LogP contribution in [-0.2, 0) is 28.2 Å². The zero-order chi connectivity index (χ0) is 39.1. The van der Waals surface area contributed by atoms with E-state index in [0.717, 1.165) is 32.1 Å². The number of carbonyl (C=O) groups is 2. The molecule has 0 bridgehead atoms. The Hall–Kier alpha value is -2.55. The molecule has 9 nitrogen and oxygen atoms in total. The maximum absolute atomic E-state index is 12.4. The van der Waals surface area contributed by atoms with Crippen molar-refractivity contribution in [3.63, 3.8) is 0 Å². The van der Waals surface area contributed by atoms with E-state index in [0.29, 0.717) is 25.7 Å². The molecule has 0 aliphatic rings. The van der Waals surface area contributed by atoms with Gasteiger partial charge < -0.3 is 24.4 Å². The van der Waals surface area contributed by atoms with Crippen LogP contribution in [0.25, 0.3) is 0 Å². The van der Waals surface area contributed by atoms with Crippen LogP contribution in [0.1, 0.15) is 162 Å². The van der Waals surface area contributed by atoms with E-state index in [4.69, 9.17) is 19.3 Å². The summed E-state index contributed by atoms with van der Waals surface area (Å²) in [6.45, 7) is 3.45. The maximum Gasteiger partial charge on any atom is 0.469 e. The van der Waals surface area contributed by atoms with Crippen LogP contribution >= 0.6 is 7.82 Å². The molecule has 0 aliphatic heterocycles. The summed E-state index contributed by atoms with van der Waals surface area (Å²) in [6, 6.07) is 0. The molecule has 0 saturated carbocycles. The number of unbranched alkanes of at least 4 members (excludes halogenated alkanes) is 13. The van der Waals surface area contributed by atoms with Gasteiger partial charge in [0, 0.05) is 12.8 Å². The van der Waals surface area contributed by atoms with E-state index >= 15 is 0 Å². The van der Waals surface area contributed by atoms with Crippen molar-refractivity contribution in [2.45, 2.75) is 174 Å². The number of aliphatic hydroxyl groups is 1. The molecule has 0 amide bonds. The third-order valence-electron chi connectivity index (χ3n) is 8.30. The average Bonchev–Trinajstić information content (AvgIpc) is 3.12. The Morgan fingerprint density at radius 2 is 1.08 bits per heavy atom. The molecular weight excluding hydrogens is 691 g/mol. The van der Waals surface area contributed by atoms with Crippen molar-refractivity contribution >= 4 is 19.8 Å². The van der Waals surface area contributed by atoms with Crippen molar-refractivity contribution in [1.29, 1.82) is 0 Å². The van der Waals surface area contributed by atoms with E-state index in [1.165, 1.54) is 77.0 Å². The molecule has 0 fully saturated rings. The van der Waals surface area contributed by atoms with E-state index in [1.54, 1.807) is 12.2 Å². The fourth-order valence-corrected chi connectivity index (χ4v) is 5.58. The van der Waals surface area contributed by atoms with Gasteiger partial charge in [-0.25, -0.2) is 4.57 Å². The van der Waals surface area contributed by atoms with Gasteiger partial charge >= 0.3 is 19.8 Å². The lowest BCUT2D eigenvalue weighted by molar-refractivity contribution is -0.161. The number of carbonyl (C=O) groups excluding carboxylic acids is 2. The molecule has 0 heterocycles. The first-order chi connectivity index (χ1) is 25.7. The van der Waals surface area contributed by atoms with Crippen molar-refractivity contribution in [3.8, 4) is 0 Å². The largest absolute Gasteiger partial charge is 0.469 e. The van der Waals surface area contributed by atoms with E-state index < -0.39 is 38.6 Å². The van der Waals surface area contributed by atoms with Gasteiger partial charge in [0.2, 0.25) is 0 Å². The van der Waals surface area contributed by atoms with Gasteiger partial charge in [0.25, 0.3) is 0 Å². The van der Waals surface area contributed by atoms with E-state index in [2.05, 4.69) is 60.9 Å². The number of allylic oxidation sites excluding steroid dienone is 11. The minimum Gasteiger partial charge on any atom is -0.462 e. The zero-order valence-corrected chi connectivity index (χ0v) is 33.9. The molecule has 53 heavy (non-hydrogen) atoms. The summed E-state index contributed by atoms with van der Waals surface area (Å²) >= 11 is 0. The second-order valence-corrected chi connectivity index (χ2v) is 14.7. The topological polar surface area (TPSA) is 140 Å². The van der Waals surface area contributed by atoms with Gasteiger partial charge in [-0.05, 0) is 70.6 Å². The maximum atomic E-state index is 12.4. The van der Waals surface area contributed by atoms with E-state index in [1.807, 2.05) is 18.2 Å². The molecule has 0 rings (SSSR count). The molecule has 0 saturated heterocycles. The Bertz CT molecular complexity index is 1100. The molecule has 3 N–H and O–H groups in total. The van der Waals surface area contributed by atoms with Crippen LogP contribution in [0.2, 0.25) is 0 Å². The van der Waals surface area contributed by atoms with Crippen LogP contribution in [0, 0.1) is 0 Å². The molecule has 0 radical (unpaired) electrons. The Morgan fingerprint density at radius 3 is 1.64 bits per heavy atom. The minimum absolute atomic E-state index is 0.0258. The highest BCUT2D eigenvalue weighted by Crippen LogP contribution is 2.36. The Balaban J connectivity index is 4.23. The molecule has 0 aromatic rings. The smallest absolute Gasteiger partial charge is 0.462 e. The summed E-state index contributed by atoms with van der Waals surface area (Å²) in [5.74, 6) is -1.15. The van der Waals surface area contributed by atoms with Crippen LogP contribution in [0.15, 0.2) is 72.9 Å². The van der Waals surface area contributed by atoms with Crippen molar-refractivity contribution in [2.75, 3.05) is 13.2 Å². The normalized spacial score (nSPS) is 13.8. The molecular formula is C43H73O9P. The Kier molecular flexibility index (Phi) is 35.9. The van der Waals surface area contributed by atoms with Crippen molar-refractivity contribution in [3.05, 3.63) is 72.9 Å². The van der Waals surface area contributed by atoms with Gasteiger partial charge in [0.05, 0.1) is 12.7 Å². The molecule has 304 valence electrons. The average molecular weight is 765 g/mol. The number of hydrogen-bond acceptors (Lipinski definition) is 7. The lowest BCUT2D eigenvalue weighted by Crippen LogP contribution is -2.29. The van der Waals surface area contributed by atoms with Crippen LogP contribution in [0.5, 0.6) is 0 Å². The van der Waals surface area contributed by atoms with Gasteiger partial charge in [0.15, 0.2) is 6.10 Å². The SMILES string of the molecule is CCCCCCCC/C=C\C/C=C\C/C=C\CCCC(=O)OC[C@H](COP(=O)(O)O)OC(=O)CCCC(O)/C=C/C=C/C/C=C/CCCCCCCC. The molecule has 10 heteroatoms. The number of esters is 2. The second-order valence-electron chi connectivity index (χ2n) is 13.5. The highest BCUT2D eigenvalue weighted by molar-refractivity contribution is 7.46. The number of aliphatic hydroxyl groups excluding tert-OH is 1. The van der Waals surface area contributed by atoms with E-state index in [-0.39, 0.29) is 19.4 Å². The lowest BCUT2D eigenvalue weighted by atomic mass is 10.1. The van der Waals surface area contributed by atoms with Gasteiger partial charge in [-0.15, -0.1) is 0 Å². The molecule has 0 aliphatic carbocycles. The minimum atomic E-state index is -4.82. The quantitative estimate of drug-likeness (QED) is 0.0187. The predicted octanol–water partition coefficient (Wildman–Crippen LogP) is 11.3. The fraction of sp³-hybridized carbons (Fsp3) is 0.674. The highest BCUT2D eigenvalue weighted by atomic mass is 31.2. The van der Waals surface area contributed by atoms with Crippen molar-refractivity contribution < 1.29 is 43.0 Å². The Morgan fingerprint density at radius 1 is 0.585 bits per heavy atom. The molecule has 0 aromatic heterocycles. The third-order valence-corrected chi connectivity index (χ3v) is 8.79. The third kappa shape index (κ3) is 40.5. The number of phosphoric ester groups is 1. The summed E-state index contributed by atoms with van der Waals surface area (Å²) in [5, 5.41) is 10.2. The Labute approximate surface area is 322 Å². The second kappa shape index (κ2) is 37.8. The number of hydrogen-bond donors (Lipinski definition) is 3. The van der Waals surface area contributed by atoms with Gasteiger partial charge in [-0.3, -0.25) is 14.1 Å². The van der Waals surface area contributed by atoms with Crippen molar-refractivity contribution in [1.82, 2.24) is 0 Å². The standard InChI is InChI=1S/C43H73O9P/c1-3-5-7-9-11-13-15-17-18-19-20-22-24-26-28-30-32-36-42(45)50-38-41(39-51-53(47,48)49)52-43(46)37-33-35-40(44)34-31-29-27-25-23-21-16-14-12-10-8-6-4-2/h17-18,20-23,26-29,31,34,40-41,44H,3-16,19,24-25,30,32-33,35-39H2,1-2H3,(H2,47,48,49)/b18-17-,22-20-,23-21+,28-26-,29-27+,34-31+/t40?,41-/m1/s1. The predicted molar refractivity (Wildman–Crippen MR) is 217 cm³/mol. The molecule has 0 aromatic carbocycles. The van der Waals surface area contributed by atoms with Gasteiger partial charge in [-0.1, -0.05) is 151 Å². The lowest BCUT2D eigenvalue weighted by Gasteiger charge is -2.18. The van der Waals surface area contributed by atoms with Crippen LogP contribution in [0.3, 0.4) is 0 Å². The van der Waals surface area contributed by atoms with Gasteiger partial charge in [0.1, 0.15) is 6.61 Å². The van der Waals surface area contributed by atoms with Crippen LogP contribution in [-0.4, -0.2) is 52.3 Å². The summed E-state index contributed by atoms with van der Waals surface area (Å²) in [7, 11) is -4.82. The first-order valence-electron chi connectivity index (χ1n) is 20.3.